The zero-order chi connectivity index (χ0) is 24.5. The average Bonchev–Trinajstić information content (AvgIpc) is 3.61. The standard InChI is InChI=1S/C25H31N5O3S/c1-6-33-23-16(3)12-20(13-17(23)4)27-25-26-14-18(5)24(29-25)28-22-10-7-19(11-15(22)2)30-34(31,32)21-8-9-21/h7,10-14,21,30H,6,8-9H2,1-5H3,(H2,26,27,28,29). The maximum atomic E-state index is 12.2. The van der Waals surface area contributed by atoms with Gasteiger partial charge in [0.2, 0.25) is 16.0 Å². The number of nitrogens with zero attached hydrogens (tertiary/aromatic N) is 2. The smallest absolute Gasteiger partial charge is 0.235 e. The molecular formula is C25H31N5O3S. The van der Waals surface area contributed by atoms with Crippen molar-refractivity contribution in [3.05, 3.63) is 58.8 Å². The van der Waals surface area contributed by atoms with Gasteiger partial charge >= 0.3 is 0 Å². The van der Waals surface area contributed by atoms with Crippen LogP contribution in [0.2, 0.25) is 0 Å². The topological polar surface area (TPSA) is 105 Å². The molecule has 0 bridgehead atoms. The summed E-state index contributed by atoms with van der Waals surface area (Å²) in [6, 6.07) is 9.47. The van der Waals surface area contributed by atoms with Crippen LogP contribution in [0.5, 0.6) is 5.75 Å². The van der Waals surface area contributed by atoms with Crippen LogP contribution in [0.4, 0.5) is 28.8 Å². The molecular weight excluding hydrogens is 450 g/mol. The van der Waals surface area contributed by atoms with E-state index in [2.05, 4.69) is 25.3 Å². The molecule has 9 heteroatoms. The van der Waals surface area contributed by atoms with E-state index in [1.165, 1.54) is 0 Å². The average molecular weight is 482 g/mol. The van der Waals surface area contributed by atoms with E-state index in [4.69, 9.17) is 4.74 Å². The molecule has 1 fully saturated rings. The summed E-state index contributed by atoms with van der Waals surface area (Å²) in [6.45, 7) is 10.5. The number of rotatable bonds is 9. The van der Waals surface area contributed by atoms with Gasteiger partial charge in [0, 0.05) is 28.8 Å². The largest absolute Gasteiger partial charge is 0.493 e. The Kier molecular flexibility index (Phi) is 6.65. The fourth-order valence-electron chi connectivity index (χ4n) is 3.77. The molecule has 3 N–H and O–H groups in total. The molecule has 1 saturated carbocycles. The van der Waals surface area contributed by atoms with E-state index in [9.17, 15) is 8.42 Å². The Morgan fingerprint density at radius 1 is 0.941 bits per heavy atom. The molecule has 0 radical (unpaired) electrons. The summed E-state index contributed by atoms with van der Waals surface area (Å²) in [4.78, 5) is 9.08. The monoisotopic (exact) mass is 481 g/mol. The first-order chi connectivity index (χ1) is 16.2. The Morgan fingerprint density at radius 3 is 2.24 bits per heavy atom. The molecule has 8 nitrogen and oxygen atoms in total. The van der Waals surface area contributed by atoms with Crippen molar-refractivity contribution in [1.29, 1.82) is 0 Å². The van der Waals surface area contributed by atoms with E-state index in [-0.39, 0.29) is 5.25 Å². The van der Waals surface area contributed by atoms with Gasteiger partial charge in [-0.3, -0.25) is 4.72 Å². The van der Waals surface area contributed by atoms with Crippen LogP contribution >= 0.6 is 0 Å². The molecule has 2 aromatic carbocycles. The summed E-state index contributed by atoms with van der Waals surface area (Å²) in [5.74, 6) is 2.05. The van der Waals surface area contributed by atoms with Gasteiger partial charge in [-0.2, -0.15) is 4.98 Å². The van der Waals surface area contributed by atoms with Crippen LogP contribution in [0.1, 0.15) is 42.0 Å². The highest BCUT2D eigenvalue weighted by Crippen LogP contribution is 2.32. The van der Waals surface area contributed by atoms with Gasteiger partial charge in [-0.05, 0) is 94.5 Å². The predicted molar refractivity (Wildman–Crippen MR) is 137 cm³/mol. The van der Waals surface area contributed by atoms with Gasteiger partial charge in [0.05, 0.1) is 11.9 Å². The number of ether oxygens (including phenoxy) is 1. The molecule has 0 amide bonds. The molecule has 34 heavy (non-hydrogen) atoms. The number of benzene rings is 2. The number of anilines is 5. The number of nitrogens with one attached hydrogen (secondary N) is 3. The van der Waals surface area contributed by atoms with Gasteiger partial charge in [0.15, 0.2) is 0 Å². The lowest BCUT2D eigenvalue weighted by atomic mass is 10.1. The summed E-state index contributed by atoms with van der Waals surface area (Å²) in [6.07, 6.45) is 3.22. The predicted octanol–water partition coefficient (Wildman–Crippen LogP) is 5.50. The third-order valence-electron chi connectivity index (χ3n) is 5.68. The van der Waals surface area contributed by atoms with Crippen LogP contribution in [-0.4, -0.2) is 30.2 Å². The number of hydrogen-bond donors (Lipinski definition) is 3. The number of hydrogen-bond acceptors (Lipinski definition) is 7. The van der Waals surface area contributed by atoms with Crippen molar-refractivity contribution in [2.24, 2.45) is 0 Å². The Bertz CT molecular complexity index is 1300. The molecule has 3 aromatic rings. The van der Waals surface area contributed by atoms with Crippen LogP contribution < -0.4 is 20.1 Å². The SMILES string of the molecule is CCOc1c(C)cc(Nc2ncc(C)c(Nc3ccc(NS(=O)(=O)C4CC4)cc3C)n2)cc1C. The zero-order valence-corrected chi connectivity index (χ0v) is 21.0. The summed E-state index contributed by atoms with van der Waals surface area (Å²) in [5, 5.41) is 6.37. The lowest BCUT2D eigenvalue weighted by molar-refractivity contribution is 0.335. The molecule has 180 valence electrons. The van der Waals surface area contributed by atoms with Crippen molar-refractivity contribution in [3.63, 3.8) is 0 Å². The second kappa shape index (κ2) is 9.50. The maximum Gasteiger partial charge on any atom is 0.235 e. The minimum absolute atomic E-state index is 0.261. The van der Waals surface area contributed by atoms with Crippen molar-refractivity contribution in [3.8, 4) is 5.75 Å². The first kappa shape index (κ1) is 23.8. The normalized spacial score (nSPS) is 13.4. The minimum atomic E-state index is -3.29. The van der Waals surface area contributed by atoms with Crippen LogP contribution in [0.25, 0.3) is 0 Å². The van der Waals surface area contributed by atoms with Gasteiger partial charge < -0.3 is 15.4 Å². The second-order valence-electron chi connectivity index (χ2n) is 8.72. The third kappa shape index (κ3) is 5.41. The number of aromatic nitrogens is 2. The molecule has 1 aliphatic rings. The van der Waals surface area contributed by atoms with Crippen LogP contribution in [0.3, 0.4) is 0 Å². The van der Waals surface area contributed by atoms with Gasteiger partial charge in [-0.1, -0.05) is 0 Å². The van der Waals surface area contributed by atoms with Crippen molar-refractivity contribution >= 4 is 38.9 Å². The Balaban J connectivity index is 1.51. The van der Waals surface area contributed by atoms with E-state index >= 15 is 0 Å². The number of aryl methyl sites for hydroxylation is 4. The van der Waals surface area contributed by atoms with Gasteiger partial charge in [0.1, 0.15) is 11.6 Å². The van der Waals surface area contributed by atoms with E-state index in [1.54, 1.807) is 12.3 Å². The third-order valence-corrected chi connectivity index (χ3v) is 7.55. The molecule has 0 aliphatic heterocycles. The summed E-state index contributed by atoms with van der Waals surface area (Å²) >= 11 is 0. The van der Waals surface area contributed by atoms with E-state index in [1.807, 2.05) is 58.9 Å². The lowest BCUT2D eigenvalue weighted by Crippen LogP contribution is -2.17. The first-order valence-corrected chi connectivity index (χ1v) is 12.9. The molecule has 1 aromatic heterocycles. The van der Waals surface area contributed by atoms with Crippen LogP contribution in [-0.2, 0) is 10.0 Å². The van der Waals surface area contributed by atoms with Gasteiger partial charge in [0.25, 0.3) is 0 Å². The van der Waals surface area contributed by atoms with Gasteiger partial charge in [-0.15, -0.1) is 0 Å². The zero-order valence-electron chi connectivity index (χ0n) is 20.2. The van der Waals surface area contributed by atoms with Gasteiger partial charge in [-0.25, -0.2) is 13.4 Å². The molecule has 4 rings (SSSR count). The quantitative estimate of drug-likeness (QED) is 0.370. The number of sulfonamides is 1. The van der Waals surface area contributed by atoms with E-state index < -0.39 is 10.0 Å². The summed E-state index contributed by atoms with van der Waals surface area (Å²) in [5.41, 5.74) is 6.18. The Morgan fingerprint density at radius 2 is 1.62 bits per heavy atom. The fourth-order valence-corrected chi connectivity index (χ4v) is 5.15. The van der Waals surface area contributed by atoms with Crippen molar-refractivity contribution < 1.29 is 13.2 Å². The minimum Gasteiger partial charge on any atom is -0.493 e. The van der Waals surface area contributed by atoms with E-state index in [0.29, 0.717) is 24.1 Å². The first-order valence-electron chi connectivity index (χ1n) is 11.4. The summed E-state index contributed by atoms with van der Waals surface area (Å²) in [7, 11) is -3.29. The fraction of sp³-hybridized carbons (Fsp3) is 0.360. The lowest BCUT2D eigenvalue weighted by Gasteiger charge is -2.15. The molecule has 0 saturated heterocycles. The van der Waals surface area contributed by atoms with Crippen molar-refractivity contribution in [1.82, 2.24) is 9.97 Å². The highest BCUT2D eigenvalue weighted by Gasteiger charge is 2.35. The van der Waals surface area contributed by atoms with Crippen molar-refractivity contribution in [2.75, 3.05) is 22.0 Å². The molecule has 1 heterocycles. The molecule has 0 atom stereocenters. The molecule has 0 spiro atoms. The van der Waals surface area contributed by atoms with Crippen LogP contribution in [0.15, 0.2) is 36.5 Å². The maximum absolute atomic E-state index is 12.2. The van der Waals surface area contributed by atoms with Crippen LogP contribution in [0, 0.1) is 27.7 Å². The Hall–Kier alpha value is -3.33. The molecule has 1 aliphatic carbocycles. The second-order valence-corrected chi connectivity index (χ2v) is 10.7. The highest BCUT2D eigenvalue weighted by atomic mass is 32.2. The highest BCUT2D eigenvalue weighted by molar-refractivity contribution is 7.93. The molecule has 0 unspecified atom stereocenters. The summed E-state index contributed by atoms with van der Waals surface area (Å²) < 4.78 is 32.8. The van der Waals surface area contributed by atoms with E-state index in [0.717, 1.165) is 52.2 Å². The van der Waals surface area contributed by atoms with Crippen molar-refractivity contribution in [2.45, 2.75) is 52.7 Å². The Labute approximate surface area is 201 Å².